The fourth-order valence-electron chi connectivity index (χ4n) is 1.84. The second-order valence-electron chi connectivity index (χ2n) is 4.49. The third kappa shape index (κ3) is 4.53. The average Bonchev–Trinajstić information content (AvgIpc) is 2.85. The van der Waals surface area contributed by atoms with Crippen LogP contribution >= 0.6 is 11.8 Å². The summed E-state index contributed by atoms with van der Waals surface area (Å²) in [6.45, 7) is 4.90. The van der Waals surface area contributed by atoms with E-state index < -0.39 is 0 Å². The number of anilines is 1. The molecule has 8 heteroatoms. The fraction of sp³-hybridized carbons (Fsp3) is 0.583. The highest BCUT2D eigenvalue weighted by Crippen LogP contribution is 2.09. The molecule has 20 heavy (non-hydrogen) atoms. The number of thioether (sulfide) groups is 1. The summed E-state index contributed by atoms with van der Waals surface area (Å²) in [7, 11) is 0. The minimum atomic E-state index is -0.184. The number of nitrogens with zero attached hydrogens (tertiary/aromatic N) is 2. The number of carbonyl (C=O) groups is 2. The van der Waals surface area contributed by atoms with Crippen molar-refractivity contribution in [2.24, 2.45) is 0 Å². The molecule has 110 valence electrons. The van der Waals surface area contributed by atoms with E-state index in [1.807, 2.05) is 4.90 Å². The Labute approximate surface area is 121 Å². The summed E-state index contributed by atoms with van der Waals surface area (Å²) in [5, 5.41) is 9.48. The van der Waals surface area contributed by atoms with E-state index in [1.165, 1.54) is 11.8 Å². The molecule has 0 unspecified atom stereocenters. The lowest BCUT2D eigenvalue weighted by molar-refractivity contribution is -0.128. The highest BCUT2D eigenvalue weighted by atomic mass is 32.2. The SMILES string of the molecule is Cc1cc(NC(=O)CSCC(=O)N2CCNCC2)no1. The number of amides is 2. The number of aryl methyl sites for hydroxylation is 1. The van der Waals surface area contributed by atoms with E-state index in [1.54, 1.807) is 13.0 Å². The Morgan fingerprint density at radius 2 is 2.20 bits per heavy atom. The largest absolute Gasteiger partial charge is 0.360 e. The van der Waals surface area contributed by atoms with Gasteiger partial charge in [0.2, 0.25) is 11.8 Å². The first-order valence-electron chi connectivity index (χ1n) is 6.44. The topological polar surface area (TPSA) is 87.5 Å². The van der Waals surface area contributed by atoms with Crippen LogP contribution in [0.5, 0.6) is 0 Å². The van der Waals surface area contributed by atoms with Gasteiger partial charge in [-0.25, -0.2) is 0 Å². The van der Waals surface area contributed by atoms with E-state index in [2.05, 4.69) is 15.8 Å². The summed E-state index contributed by atoms with van der Waals surface area (Å²) >= 11 is 1.31. The molecule has 1 fully saturated rings. The molecule has 1 aliphatic heterocycles. The number of aromatic nitrogens is 1. The molecule has 7 nitrogen and oxygen atoms in total. The lowest BCUT2D eigenvalue weighted by Gasteiger charge is -2.27. The van der Waals surface area contributed by atoms with Crippen molar-refractivity contribution in [3.63, 3.8) is 0 Å². The second-order valence-corrected chi connectivity index (χ2v) is 5.48. The van der Waals surface area contributed by atoms with Crippen LogP contribution < -0.4 is 10.6 Å². The molecule has 1 aliphatic rings. The molecule has 0 saturated carbocycles. The van der Waals surface area contributed by atoms with E-state index in [0.29, 0.717) is 17.3 Å². The lowest BCUT2D eigenvalue weighted by atomic mass is 10.3. The van der Waals surface area contributed by atoms with Gasteiger partial charge in [-0.05, 0) is 6.92 Å². The zero-order chi connectivity index (χ0) is 14.4. The van der Waals surface area contributed by atoms with Crippen molar-refractivity contribution in [3.8, 4) is 0 Å². The maximum atomic E-state index is 11.9. The summed E-state index contributed by atoms with van der Waals surface area (Å²) in [6.07, 6.45) is 0. The summed E-state index contributed by atoms with van der Waals surface area (Å²) < 4.78 is 4.85. The van der Waals surface area contributed by atoms with E-state index >= 15 is 0 Å². The Morgan fingerprint density at radius 1 is 1.45 bits per heavy atom. The predicted octanol–water partition coefficient (Wildman–Crippen LogP) is 0.0865. The van der Waals surface area contributed by atoms with Crippen molar-refractivity contribution >= 4 is 29.4 Å². The van der Waals surface area contributed by atoms with Crippen LogP contribution in [0.25, 0.3) is 0 Å². The first kappa shape index (κ1) is 14.9. The molecule has 0 aliphatic carbocycles. The lowest BCUT2D eigenvalue weighted by Crippen LogP contribution is -2.47. The molecule has 0 aromatic carbocycles. The fourth-order valence-corrected chi connectivity index (χ4v) is 2.56. The van der Waals surface area contributed by atoms with Gasteiger partial charge in [-0.15, -0.1) is 11.8 Å². The van der Waals surface area contributed by atoms with Crippen molar-refractivity contribution in [2.75, 3.05) is 43.0 Å². The third-order valence-electron chi connectivity index (χ3n) is 2.82. The van der Waals surface area contributed by atoms with Crippen molar-refractivity contribution in [1.82, 2.24) is 15.4 Å². The zero-order valence-electron chi connectivity index (χ0n) is 11.3. The molecule has 2 amide bonds. The molecule has 0 radical (unpaired) electrons. The Balaban J connectivity index is 1.64. The van der Waals surface area contributed by atoms with Gasteiger partial charge in [0.1, 0.15) is 5.76 Å². The highest BCUT2D eigenvalue weighted by molar-refractivity contribution is 8.00. The Kier molecular flexibility index (Phi) is 5.42. The number of rotatable bonds is 5. The maximum Gasteiger partial charge on any atom is 0.235 e. The summed E-state index contributed by atoms with van der Waals surface area (Å²) in [5.41, 5.74) is 0. The van der Waals surface area contributed by atoms with Crippen molar-refractivity contribution in [3.05, 3.63) is 11.8 Å². The number of hydrogen-bond acceptors (Lipinski definition) is 6. The van der Waals surface area contributed by atoms with Gasteiger partial charge >= 0.3 is 0 Å². The van der Waals surface area contributed by atoms with Gasteiger partial charge in [0.05, 0.1) is 11.5 Å². The quantitative estimate of drug-likeness (QED) is 0.801. The van der Waals surface area contributed by atoms with Crippen LogP contribution in [-0.4, -0.2) is 59.6 Å². The first-order chi connectivity index (χ1) is 9.65. The first-order valence-corrected chi connectivity index (χ1v) is 7.60. The van der Waals surface area contributed by atoms with Gasteiger partial charge in [0.25, 0.3) is 0 Å². The van der Waals surface area contributed by atoms with E-state index in [0.717, 1.165) is 26.2 Å². The van der Waals surface area contributed by atoms with E-state index in [4.69, 9.17) is 4.52 Å². The molecule has 0 atom stereocenters. The average molecular weight is 298 g/mol. The number of hydrogen-bond donors (Lipinski definition) is 2. The van der Waals surface area contributed by atoms with Crippen LogP contribution in [0.4, 0.5) is 5.82 Å². The van der Waals surface area contributed by atoms with Gasteiger partial charge in [-0.1, -0.05) is 5.16 Å². The molecule has 0 spiro atoms. The Bertz CT molecular complexity index is 471. The number of carbonyl (C=O) groups excluding carboxylic acids is 2. The van der Waals surface area contributed by atoms with Crippen LogP contribution in [0, 0.1) is 6.92 Å². The van der Waals surface area contributed by atoms with Crippen LogP contribution in [0.2, 0.25) is 0 Å². The summed E-state index contributed by atoms with van der Waals surface area (Å²) in [6, 6.07) is 1.65. The minimum Gasteiger partial charge on any atom is -0.360 e. The van der Waals surface area contributed by atoms with Gasteiger partial charge in [0, 0.05) is 32.2 Å². The molecule has 1 aromatic rings. The molecule has 2 N–H and O–H groups in total. The zero-order valence-corrected chi connectivity index (χ0v) is 12.2. The smallest absolute Gasteiger partial charge is 0.235 e. The third-order valence-corrected chi connectivity index (χ3v) is 3.74. The van der Waals surface area contributed by atoms with Crippen molar-refractivity contribution in [2.45, 2.75) is 6.92 Å². The molecule has 2 rings (SSSR count). The number of piperazine rings is 1. The molecule has 1 saturated heterocycles. The van der Waals surface area contributed by atoms with Gasteiger partial charge in [0.15, 0.2) is 5.82 Å². The monoisotopic (exact) mass is 298 g/mol. The molecular weight excluding hydrogens is 280 g/mol. The van der Waals surface area contributed by atoms with Crippen LogP contribution in [0.15, 0.2) is 10.6 Å². The molecule has 1 aromatic heterocycles. The van der Waals surface area contributed by atoms with Crippen LogP contribution in [0.3, 0.4) is 0 Å². The Morgan fingerprint density at radius 3 is 2.85 bits per heavy atom. The highest BCUT2D eigenvalue weighted by Gasteiger charge is 2.16. The number of nitrogens with one attached hydrogen (secondary N) is 2. The predicted molar refractivity (Wildman–Crippen MR) is 76.6 cm³/mol. The van der Waals surface area contributed by atoms with E-state index in [9.17, 15) is 9.59 Å². The Hall–Kier alpha value is -1.54. The molecule has 2 heterocycles. The van der Waals surface area contributed by atoms with Crippen LogP contribution in [-0.2, 0) is 9.59 Å². The maximum absolute atomic E-state index is 11.9. The van der Waals surface area contributed by atoms with Crippen molar-refractivity contribution < 1.29 is 14.1 Å². The standard InChI is InChI=1S/C12H18N4O3S/c1-9-6-10(15-19-9)14-11(17)7-20-8-12(18)16-4-2-13-3-5-16/h6,13H,2-5,7-8H2,1H3,(H,14,15,17). The van der Waals surface area contributed by atoms with Gasteiger partial charge in [-0.3, -0.25) is 9.59 Å². The van der Waals surface area contributed by atoms with Gasteiger partial charge < -0.3 is 20.1 Å². The normalized spacial score (nSPS) is 15.2. The van der Waals surface area contributed by atoms with Crippen molar-refractivity contribution in [1.29, 1.82) is 0 Å². The van der Waals surface area contributed by atoms with E-state index in [-0.39, 0.29) is 17.6 Å². The summed E-state index contributed by atoms with van der Waals surface area (Å²) in [4.78, 5) is 25.3. The molecule has 0 bridgehead atoms. The second kappa shape index (κ2) is 7.30. The summed E-state index contributed by atoms with van der Waals surface area (Å²) in [5.74, 6) is 1.50. The molecular formula is C12H18N4O3S. The minimum absolute atomic E-state index is 0.0848. The van der Waals surface area contributed by atoms with Gasteiger partial charge in [-0.2, -0.15) is 0 Å². The van der Waals surface area contributed by atoms with Crippen LogP contribution in [0.1, 0.15) is 5.76 Å².